The van der Waals surface area contributed by atoms with Crippen LogP contribution in [0, 0.1) is 6.92 Å². The number of carbonyl (C=O) groups is 2. The Bertz CT molecular complexity index is 1140. The summed E-state index contributed by atoms with van der Waals surface area (Å²) in [6.45, 7) is 2.53. The lowest BCUT2D eigenvalue weighted by Gasteiger charge is -2.11. The van der Waals surface area contributed by atoms with Gasteiger partial charge in [0.05, 0.1) is 22.9 Å². The summed E-state index contributed by atoms with van der Waals surface area (Å²) in [6.07, 6.45) is 0.484. The first-order valence-corrected chi connectivity index (χ1v) is 10.1. The molecule has 1 atom stereocenters. The molecule has 2 heterocycles. The third-order valence-electron chi connectivity index (χ3n) is 4.74. The fourth-order valence-corrected chi connectivity index (χ4v) is 4.13. The van der Waals surface area contributed by atoms with Gasteiger partial charge in [-0.3, -0.25) is 19.7 Å². The molecule has 8 heteroatoms. The number of hydrogen-bond donors (Lipinski definition) is 1. The van der Waals surface area contributed by atoms with E-state index in [2.05, 4.69) is 10.4 Å². The largest absolute Gasteiger partial charge is 0.492 e. The van der Waals surface area contributed by atoms with Crippen LogP contribution in [-0.2, 0) is 17.8 Å². The molecule has 1 unspecified atom stereocenters. The molecular formula is C21H19N3O4S. The van der Waals surface area contributed by atoms with Crippen LogP contribution < -0.4 is 15.6 Å². The Morgan fingerprint density at radius 2 is 1.79 bits per heavy atom. The summed E-state index contributed by atoms with van der Waals surface area (Å²) in [5, 5.41) is 7.49. The zero-order valence-electron chi connectivity index (χ0n) is 15.8. The number of aryl methyl sites for hydroxylation is 1. The van der Waals surface area contributed by atoms with Crippen LogP contribution >= 0.6 is 11.8 Å². The topological polar surface area (TPSA) is 90.3 Å². The van der Waals surface area contributed by atoms with E-state index in [1.165, 1.54) is 4.68 Å². The second-order valence-corrected chi connectivity index (χ2v) is 7.91. The molecule has 4 rings (SSSR count). The van der Waals surface area contributed by atoms with Crippen LogP contribution in [0.2, 0.25) is 0 Å². The third kappa shape index (κ3) is 4.17. The van der Waals surface area contributed by atoms with E-state index in [0.717, 1.165) is 28.4 Å². The Labute approximate surface area is 171 Å². The fraction of sp³-hybridized carbons (Fsp3) is 0.238. The summed E-state index contributed by atoms with van der Waals surface area (Å²) >= 11 is 1.02. The van der Waals surface area contributed by atoms with Crippen molar-refractivity contribution in [2.45, 2.75) is 25.1 Å². The maximum absolute atomic E-state index is 12.6. The minimum Gasteiger partial charge on any atom is -0.492 e. The first kappa shape index (κ1) is 19.2. The molecule has 1 N–H and O–H groups in total. The van der Waals surface area contributed by atoms with Crippen LogP contribution in [0.1, 0.15) is 11.3 Å². The molecule has 1 saturated heterocycles. The van der Waals surface area contributed by atoms with Gasteiger partial charge in [0, 0.05) is 5.39 Å². The highest BCUT2D eigenvalue weighted by molar-refractivity contribution is 8.15. The molecule has 3 aromatic rings. The fourth-order valence-electron chi connectivity index (χ4n) is 3.27. The summed E-state index contributed by atoms with van der Waals surface area (Å²) in [7, 11) is 0. The van der Waals surface area contributed by atoms with Crippen LogP contribution in [0.5, 0.6) is 5.75 Å². The van der Waals surface area contributed by atoms with E-state index in [1.807, 2.05) is 49.4 Å². The molecule has 0 bridgehead atoms. The lowest BCUT2D eigenvalue weighted by molar-refractivity contribution is -0.118. The maximum Gasteiger partial charge on any atom is 0.286 e. The van der Waals surface area contributed by atoms with Gasteiger partial charge in [-0.15, -0.1) is 0 Å². The van der Waals surface area contributed by atoms with E-state index in [1.54, 1.807) is 6.07 Å². The van der Waals surface area contributed by atoms with Crippen molar-refractivity contribution in [1.29, 1.82) is 0 Å². The molecule has 7 nitrogen and oxygen atoms in total. The van der Waals surface area contributed by atoms with Gasteiger partial charge in [-0.25, -0.2) is 4.68 Å². The Hall–Kier alpha value is -3.13. The quantitative estimate of drug-likeness (QED) is 0.673. The minimum absolute atomic E-state index is 0.132. The van der Waals surface area contributed by atoms with Gasteiger partial charge in [0.2, 0.25) is 5.91 Å². The predicted octanol–water partition coefficient (Wildman–Crippen LogP) is 2.68. The summed E-state index contributed by atoms with van der Waals surface area (Å²) in [5.74, 6) is 0.419. The molecule has 148 valence electrons. The number of fused-ring (bicyclic) bond motifs is 1. The van der Waals surface area contributed by atoms with Gasteiger partial charge in [0.15, 0.2) is 0 Å². The minimum atomic E-state index is -0.386. The molecule has 2 amide bonds. The van der Waals surface area contributed by atoms with Gasteiger partial charge in [0.25, 0.3) is 10.8 Å². The number of thioether (sulfide) groups is 1. The first-order chi connectivity index (χ1) is 14.0. The van der Waals surface area contributed by atoms with Crippen molar-refractivity contribution < 1.29 is 14.3 Å². The van der Waals surface area contributed by atoms with E-state index in [4.69, 9.17) is 4.74 Å². The van der Waals surface area contributed by atoms with E-state index in [0.29, 0.717) is 30.7 Å². The van der Waals surface area contributed by atoms with Crippen molar-refractivity contribution in [3.8, 4) is 5.75 Å². The number of imide groups is 1. The molecular weight excluding hydrogens is 390 g/mol. The smallest absolute Gasteiger partial charge is 0.286 e. The number of nitrogens with one attached hydrogen (secondary N) is 1. The summed E-state index contributed by atoms with van der Waals surface area (Å²) in [4.78, 5) is 35.5. The molecule has 0 aliphatic carbocycles. The zero-order chi connectivity index (χ0) is 20.4. The van der Waals surface area contributed by atoms with E-state index in [-0.39, 0.29) is 22.0 Å². The lowest BCUT2D eigenvalue weighted by atomic mass is 10.1. The van der Waals surface area contributed by atoms with Gasteiger partial charge in [0.1, 0.15) is 12.4 Å². The third-order valence-corrected chi connectivity index (χ3v) is 5.72. The highest BCUT2D eigenvalue weighted by Gasteiger charge is 2.31. The van der Waals surface area contributed by atoms with Crippen molar-refractivity contribution in [2.75, 3.05) is 6.61 Å². The SMILES string of the molecule is Cc1nn(CCOc2ccc(CC3SC(=O)NC3=O)cc2)c(=O)c2ccccc12. The zero-order valence-corrected chi connectivity index (χ0v) is 16.6. The molecule has 1 aromatic heterocycles. The van der Waals surface area contributed by atoms with Crippen molar-refractivity contribution in [3.05, 3.63) is 70.1 Å². The lowest BCUT2D eigenvalue weighted by Crippen LogP contribution is -2.26. The van der Waals surface area contributed by atoms with Gasteiger partial charge in [-0.1, -0.05) is 42.1 Å². The average molecular weight is 409 g/mol. The molecule has 1 fully saturated rings. The van der Waals surface area contributed by atoms with Gasteiger partial charge in [-0.05, 0) is 37.1 Å². The molecule has 29 heavy (non-hydrogen) atoms. The molecule has 2 aromatic carbocycles. The Kier molecular flexibility index (Phi) is 5.35. The molecule has 0 saturated carbocycles. The number of benzene rings is 2. The van der Waals surface area contributed by atoms with Crippen LogP contribution in [0.3, 0.4) is 0 Å². The predicted molar refractivity (Wildman–Crippen MR) is 111 cm³/mol. The highest BCUT2D eigenvalue weighted by Crippen LogP contribution is 2.23. The summed E-state index contributed by atoms with van der Waals surface area (Å²) in [6, 6.07) is 14.8. The second-order valence-electron chi connectivity index (χ2n) is 6.74. The number of amides is 2. The number of rotatable bonds is 6. The van der Waals surface area contributed by atoms with Crippen molar-refractivity contribution in [2.24, 2.45) is 0 Å². The monoisotopic (exact) mass is 409 g/mol. The summed E-state index contributed by atoms with van der Waals surface area (Å²) in [5.41, 5.74) is 1.62. The van der Waals surface area contributed by atoms with Crippen molar-refractivity contribution in [1.82, 2.24) is 15.1 Å². The molecule has 1 aliphatic heterocycles. The number of hydrogen-bond acceptors (Lipinski definition) is 6. The Morgan fingerprint density at radius 1 is 1.07 bits per heavy atom. The molecule has 0 spiro atoms. The van der Waals surface area contributed by atoms with Crippen molar-refractivity contribution >= 4 is 33.7 Å². The van der Waals surface area contributed by atoms with Gasteiger partial charge >= 0.3 is 0 Å². The van der Waals surface area contributed by atoms with Crippen LogP contribution in [0.15, 0.2) is 53.3 Å². The Balaban J connectivity index is 1.37. The number of nitrogens with zero attached hydrogens (tertiary/aromatic N) is 2. The van der Waals surface area contributed by atoms with Gasteiger partial charge < -0.3 is 4.74 Å². The normalized spacial score (nSPS) is 16.2. The second kappa shape index (κ2) is 8.08. The van der Waals surface area contributed by atoms with E-state index >= 15 is 0 Å². The molecule has 1 aliphatic rings. The van der Waals surface area contributed by atoms with Crippen LogP contribution in [-0.4, -0.2) is 32.8 Å². The standard InChI is InChI=1S/C21H19N3O4S/c1-13-16-4-2-3-5-17(16)20(26)24(23-13)10-11-28-15-8-6-14(7-9-15)12-18-19(25)22-21(27)29-18/h2-9,18H,10-12H2,1H3,(H,22,25,27). The summed E-state index contributed by atoms with van der Waals surface area (Å²) < 4.78 is 7.17. The first-order valence-electron chi connectivity index (χ1n) is 9.21. The molecule has 0 radical (unpaired) electrons. The number of ether oxygens (including phenoxy) is 1. The van der Waals surface area contributed by atoms with Crippen molar-refractivity contribution in [3.63, 3.8) is 0 Å². The van der Waals surface area contributed by atoms with Crippen LogP contribution in [0.25, 0.3) is 10.8 Å². The van der Waals surface area contributed by atoms with Crippen LogP contribution in [0.4, 0.5) is 4.79 Å². The maximum atomic E-state index is 12.6. The van der Waals surface area contributed by atoms with Gasteiger partial charge in [-0.2, -0.15) is 5.10 Å². The number of carbonyl (C=O) groups excluding carboxylic acids is 2. The van der Waals surface area contributed by atoms with E-state index < -0.39 is 0 Å². The average Bonchev–Trinajstić information content (AvgIpc) is 3.04. The number of aromatic nitrogens is 2. The van der Waals surface area contributed by atoms with E-state index in [9.17, 15) is 14.4 Å². The Morgan fingerprint density at radius 3 is 2.48 bits per heavy atom. The highest BCUT2D eigenvalue weighted by atomic mass is 32.2.